The molecule has 0 fully saturated rings. The minimum atomic E-state index is -0.420. The number of rotatable bonds is 5. The zero-order chi connectivity index (χ0) is 21.3. The van der Waals surface area contributed by atoms with E-state index in [1.165, 1.54) is 18.4 Å². The molecule has 30 heavy (non-hydrogen) atoms. The van der Waals surface area contributed by atoms with Gasteiger partial charge in [-0.15, -0.1) is 11.3 Å². The molecule has 0 atom stereocenters. The van der Waals surface area contributed by atoms with Gasteiger partial charge in [0.1, 0.15) is 15.5 Å². The highest BCUT2D eigenvalue weighted by atomic mass is 32.1. The fraction of sp³-hybridized carbons (Fsp3) is 0.182. The van der Waals surface area contributed by atoms with Crippen LogP contribution in [0.25, 0.3) is 21.6 Å². The average molecular weight is 420 g/mol. The van der Waals surface area contributed by atoms with E-state index < -0.39 is 5.97 Å². The molecule has 0 aliphatic heterocycles. The number of methoxy groups -OCH3 is 1. The molecule has 1 amide bonds. The quantitative estimate of drug-likeness (QED) is 0.480. The third kappa shape index (κ3) is 3.57. The summed E-state index contributed by atoms with van der Waals surface area (Å²) in [6.07, 6.45) is 3.80. The summed E-state index contributed by atoms with van der Waals surface area (Å²) in [4.78, 5) is 34.0. The maximum absolute atomic E-state index is 12.8. The molecule has 8 heteroatoms. The molecule has 152 valence electrons. The van der Waals surface area contributed by atoms with Gasteiger partial charge in [0.05, 0.1) is 18.4 Å². The van der Waals surface area contributed by atoms with Crippen molar-refractivity contribution < 1.29 is 14.3 Å². The van der Waals surface area contributed by atoms with Crippen LogP contribution in [0.1, 0.15) is 32.6 Å². The maximum atomic E-state index is 12.8. The number of hydrogen-bond acceptors (Lipinski definition) is 6. The summed E-state index contributed by atoms with van der Waals surface area (Å²) < 4.78 is 6.76. The standard InChI is InChI=1S/C22H20N4O3S/c1-4-26-12-17(16-6-5-11-23-19(16)26)21-24-13(2)18(30-21)20(27)25-15-9-7-14(8-10-15)22(28)29-3/h5-12H,4H2,1-3H3,(H,25,27). The van der Waals surface area contributed by atoms with E-state index in [1.54, 1.807) is 30.5 Å². The molecule has 0 saturated carbocycles. The van der Waals surface area contributed by atoms with Crippen LogP contribution in [0.15, 0.2) is 48.8 Å². The van der Waals surface area contributed by atoms with Gasteiger partial charge >= 0.3 is 5.97 Å². The Balaban J connectivity index is 1.62. The first-order chi connectivity index (χ1) is 14.5. The van der Waals surface area contributed by atoms with Crippen LogP contribution in [0.5, 0.6) is 0 Å². The van der Waals surface area contributed by atoms with E-state index in [1.807, 2.05) is 25.3 Å². The van der Waals surface area contributed by atoms with Gasteiger partial charge in [-0.05, 0) is 50.2 Å². The van der Waals surface area contributed by atoms with Gasteiger partial charge in [-0.2, -0.15) is 0 Å². The summed E-state index contributed by atoms with van der Waals surface area (Å²) in [7, 11) is 1.33. The number of ether oxygens (including phenoxy) is 1. The number of fused-ring (bicyclic) bond motifs is 1. The minimum absolute atomic E-state index is 0.237. The number of carbonyl (C=O) groups excluding carboxylic acids is 2. The van der Waals surface area contributed by atoms with Crippen molar-refractivity contribution in [1.82, 2.24) is 14.5 Å². The molecule has 0 spiro atoms. The molecule has 0 aliphatic rings. The molecule has 0 saturated heterocycles. The summed E-state index contributed by atoms with van der Waals surface area (Å²) >= 11 is 1.35. The van der Waals surface area contributed by atoms with Crippen LogP contribution in [0.2, 0.25) is 0 Å². The second kappa shape index (κ2) is 8.08. The molecule has 4 aromatic rings. The first-order valence-corrected chi connectivity index (χ1v) is 10.2. The number of esters is 1. The van der Waals surface area contributed by atoms with Crippen LogP contribution in [-0.2, 0) is 11.3 Å². The number of amides is 1. The average Bonchev–Trinajstić information content (AvgIpc) is 3.34. The van der Waals surface area contributed by atoms with Crippen LogP contribution < -0.4 is 5.32 Å². The molecule has 3 heterocycles. The van der Waals surface area contributed by atoms with Gasteiger partial charge in [-0.3, -0.25) is 4.79 Å². The summed E-state index contributed by atoms with van der Waals surface area (Å²) in [5.41, 5.74) is 3.55. The summed E-state index contributed by atoms with van der Waals surface area (Å²) in [5.74, 6) is -0.657. The highest BCUT2D eigenvalue weighted by molar-refractivity contribution is 7.17. The number of nitrogens with one attached hydrogen (secondary N) is 1. The second-order valence-electron chi connectivity index (χ2n) is 6.66. The van der Waals surface area contributed by atoms with Crippen molar-refractivity contribution in [3.8, 4) is 10.6 Å². The summed E-state index contributed by atoms with van der Waals surface area (Å²) in [6.45, 7) is 4.69. The van der Waals surface area contributed by atoms with Crippen LogP contribution in [0.3, 0.4) is 0 Å². The topological polar surface area (TPSA) is 86.1 Å². The lowest BCUT2D eigenvalue weighted by molar-refractivity contribution is 0.0600. The molecule has 1 aromatic carbocycles. The molecule has 1 N–H and O–H groups in total. The largest absolute Gasteiger partial charge is 0.465 e. The second-order valence-corrected chi connectivity index (χ2v) is 7.66. The Morgan fingerprint density at radius 1 is 1.20 bits per heavy atom. The minimum Gasteiger partial charge on any atom is -0.465 e. The van der Waals surface area contributed by atoms with Crippen LogP contribution >= 0.6 is 11.3 Å². The molecular formula is C22H20N4O3S. The van der Waals surface area contributed by atoms with Crippen molar-refractivity contribution >= 4 is 39.9 Å². The summed E-state index contributed by atoms with van der Waals surface area (Å²) in [6, 6.07) is 10.5. The van der Waals surface area contributed by atoms with Crippen molar-refractivity contribution in [2.45, 2.75) is 20.4 Å². The van der Waals surface area contributed by atoms with Gasteiger partial charge in [0, 0.05) is 35.6 Å². The lowest BCUT2D eigenvalue weighted by Crippen LogP contribution is -2.11. The summed E-state index contributed by atoms with van der Waals surface area (Å²) in [5, 5.41) is 4.66. The number of pyridine rings is 1. The van der Waals surface area contributed by atoms with Crippen molar-refractivity contribution in [2.75, 3.05) is 12.4 Å². The predicted molar refractivity (Wildman–Crippen MR) is 117 cm³/mol. The first kappa shape index (κ1) is 19.8. The number of nitrogens with zero attached hydrogens (tertiary/aromatic N) is 3. The fourth-order valence-electron chi connectivity index (χ4n) is 3.25. The molecule has 4 rings (SSSR count). The highest BCUT2D eigenvalue weighted by Crippen LogP contribution is 2.34. The Hall–Kier alpha value is -3.52. The molecular weight excluding hydrogens is 400 g/mol. The molecule has 7 nitrogen and oxygen atoms in total. The fourth-order valence-corrected chi connectivity index (χ4v) is 4.24. The van der Waals surface area contributed by atoms with E-state index in [4.69, 9.17) is 0 Å². The van der Waals surface area contributed by atoms with E-state index in [-0.39, 0.29) is 5.91 Å². The number of hydrogen-bond donors (Lipinski definition) is 1. The Morgan fingerprint density at radius 2 is 1.97 bits per heavy atom. The van der Waals surface area contributed by atoms with Crippen molar-refractivity contribution in [1.29, 1.82) is 0 Å². The SMILES string of the molecule is CCn1cc(-c2nc(C)c(C(=O)Nc3ccc(C(=O)OC)cc3)s2)c2cccnc21. The number of aryl methyl sites for hydroxylation is 2. The van der Waals surface area contributed by atoms with E-state index in [9.17, 15) is 9.59 Å². The number of anilines is 1. The van der Waals surface area contributed by atoms with Crippen molar-refractivity contribution in [2.24, 2.45) is 0 Å². The number of thiazole rings is 1. The lowest BCUT2D eigenvalue weighted by atomic mass is 10.2. The Bertz CT molecular complexity index is 1240. The smallest absolute Gasteiger partial charge is 0.337 e. The number of carbonyl (C=O) groups is 2. The van der Waals surface area contributed by atoms with Gasteiger partial charge in [-0.25, -0.2) is 14.8 Å². The lowest BCUT2D eigenvalue weighted by Gasteiger charge is -2.05. The van der Waals surface area contributed by atoms with Gasteiger partial charge in [-0.1, -0.05) is 0 Å². The third-order valence-electron chi connectivity index (χ3n) is 4.77. The van der Waals surface area contributed by atoms with Crippen LogP contribution in [0, 0.1) is 6.92 Å². The molecule has 0 bridgehead atoms. The zero-order valence-corrected chi connectivity index (χ0v) is 17.6. The van der Waals surface area contributed by atoms with E-state index >= 15 is 0 Å². The van der Waals surface area contributed by atoms with Gasteiger partial charge in [0.15, 0.2) is 0 Å². The Labute approximate surface area is 177 Å². The Kier molecular flexibility index (Phi) is 5.33. The van der Waals surface area contributed by atoms with Gasteiger partial charge in [0.2, 0.25) is 0 Å². The highest BCUT2D eigenvalue weighted by Gasteiger charge is 2.19. The van der Waals surface area contributed by atoms with E-state index in [0.717, 1.165) is 28.1 Å². The zero-order valence-electron chi connectivity index (χ0n) is 16.8. The van der Waals surface area contributed by atoms with E-state index in [0.29, 0.717) is 21.8 Å². The van der Waals surface area contributed by atoms with Crippen LogP contribution in [-0.4, -0.2) is 33.5 Å². The molecule has 3 aromatic heterocycles. The van der Waals surface area contributed by atoms with Gasteiger partial charge in [0.25, 0.3) is 5.91 Å². The first-order valence-electron chi connectivity index (χ1n) is 9.43. The van der Waals surface area contributed by atoms with Gasteiger partial charge < -0.3 is 14.6 Å². The van der Waals surface area contributed by atoms with Crippen molar-refractivity contribution in [3.63, 3.8) is 0 Å². The third-order valence-corrected chi connectivity index (χ3v) is 5.96. The number of benzene rings is 1. The Morgan fingerprint density at radius 3 is 2.67 bits per heavy atom. The maximum Gasteiger partial charge on any atom is 0.337 e. The molecule has 0 radical (unpaired) electrons. The normalized spacial score (nSPS) is 10.9. The van der Waals surface area contributed by atoms with E-state index in [2.05, 4.69) is 31.5 Å². The predicted octanol–water partition coefficient (Wildman–Crippen LogP) is 4.53. The monoisotopic (exact) mass is 420 g/mol. The number of aromatic nitrogens is 3. The van der Waals surface area contributed by atoms with Crippen molar-refractivity contribution in [3.05, 3.63) is 64.9 Å². The molecule has 0 aliphatic carbocycles. The van der Waals surface area contributed by atoms with Crippen LogP contribution in [0.4, 0.5) is 5.69 Å². The molecule has 0 unspecified atom stereocenters.